The first-order chi connectivity index (χ1) is 8.92. The number of carbonyl (C=O) groups excluding carboxylic acids is 1. The van der Waals surface area contributed by atoms with Crippen molar-refractivity contribution in [3.63, 3.8) is 0 Å². The highest BCUT2D eigenvalue weighted by molar-refractivity contribution is 5.79. The molecule has 0 bridgehead atoms. The Morgan fingerprint density at radius 1 is 1.32 bits per heavy atom. The molecule has 1 N–H and O–H groups in total. The Bertz CT molecular complexity index is 456. The van der Waals surface area contributed by atoms with Crippen molar-refractivity contribution >= 4 is 5.91 Å². The number of hydrogen-bond donors (Lipinski definition) is 1. The van der Waals surface area contributed by atoms with E-state index in [-0.39, 0.29) is 17.2 Å². The van der Waals surface area contributed by atoms with Gasteiger partial charge >= 0.3 is 0 Å². The van der Waals surface area contributed by atoms with Gasteiger partial charge < -0.3 is 5.32 Å². The van der Waals surface area contributed by atoms with Crippen LogP contribution in [0.5, 0.6) is 0 Å². The van der Waals surface area contributed by atoms with Crippen LogP contribution in [0.3, 0.4) is 0 Å². The van der Waals surface area contributed by atoms with Gasteiger partial charge in [-0.1, -0.05) is 38.5 Å². The van der Waals surface area contributed by atoms with Crippen LogP contribution in [0.15, 0.2) is 18.2 Å². The normalized spacial score (nSPS) is 21.4. The third-order valence-electron chi connectivity index (χ3n) is 4.66. The number of amides is 1. The van der Waals surface area contributed by atoms with E-state index in [4.69, 9.17) is 0 Å². The Hall–Kier alpha value is -1.31. The Labute approximate surface area is 116 Å². The summed E-state index contributed by atoms with van der Waals surface area (Å²) in [6.45, 7) is 9.29. The number of benzene rings is 1. The zero-order valence-electron chi connectivity index (χ0n) is 12.5. The first-order valence-corrected chi connectivity index (χ1v) is 7.24. The predicted octanol–water partition coefficient (Wildman–Crippen LogP) is 3.75. The van der Waals surface area contributed by atoms with E-state index in [1.54, 1.807) is 0 Å². The van der Waals surface area contributed by atoms with Gasteiger partial charge in [-0.2, -0.15) is 0 Å². The molecule has 0 spiro atoms. The van der Waals surface area contributed by atoms with Gasteiger partial charge in [-0.3, -0.25) is 4.79 Å². The lowest BCUT2D eigenvalue weighted by Crippen LogP contribution is -2.36. The quantitative estimate of drug-likeness (QED) is 0.880. The van der Waals surface area contributed by atoms with E-state index in [1.807, 2.05) is 0 Å². The minimum atomic E-state index is 0.158. The Kier molecular flexibility index (Phi) is 3.98. The van der Waals surface area contributed by atoms with Crippen molar-refractivity contribution in [3.8, 4) is 0 Å². The maximum atomic E-state index is 12.3. The van der Waals surface area contributed by atoms with Crippen molar-refractivity contribution in [3.05, 3.63) is 34.9 Å². The van der Waals surface area contributed by atoms with Crippen LogP contribution in [0.4, 0.5) is 0 Å². The SMILES string of the molecule is Cc1cccc(C)c1CNC(=O)[C@H]1CCCC1(C)C. The zero-order chi connectivity index (χ0) is 14.0. The molecule has 19 heavy (non-hydrogen) atoms. The van der Waals surface area contributed by atoms with Crippen LogP contribution >= 0.6 is 0 Å². The first-order valence-electron chi connectivity index (χ1n) is 7.24. The van der Waals surface area contributed by atoms with E-state index in [1.165, 1.54) is 23.1 Å². The minimum absolute atomic E-state index is 0.158. The molecule has 0 aliphatic heterocycles. The van der Waals surface area contributed by atoms with Gasteiger partial charge in [-0.25, -0.2) is 0 Å². The third-order valence-corrected chi connectivity index (χ3v) is 4.66. The molecule has 0 heterocycles. The molecular weight excluding hydrogens is 234 g/mol. The van der Waals surface area contributed by atoms with Crippen molar-refractivity contribution < 1.29 is 4.79 Å². The summed E-state index contributed by atoms with van der Waals surface area (Å²) in [5.41, 5.74) is 3.92. The summed E-state index contributed by atoms with van der Waals surface area (Å²) < 4.78 is 0. The predicted molar refractivity (Wildman–Crippen MR) is 78.9 cm³/mol. The molecule has 1 saturated carbocycles. The van der Waals surface area contributed by atoms with Crippen LogP contribution in [-0.4, -0.2) is 5.91 Å². The van der Waals surface area contributed by atoms with E-state index >= 15 is 0 Å². The van der Waals surface area contributed by atoms with E-state index < -0.39 is 0 Å². The summed E-state index contributed by atoms with van der Waals surface area (Å²) >= 11 is 0. The van der Waals surface area contributed by atoms with E-state index in [2.05, 4.69) is 51.2 Å². The summed E-state index contributed by atoms with van der Waals surface area (Å²) in [6.07, 6.45) is 3.37. The zero-order valence-corrected chi connectivity index (χ0v) is 12.5. The molecule has 0 unspecified atom stereocenters. The molecule has 0 radical (unpaired) electrons. The number of rotatable bonds is 3. The molecule has 1 aromatic rings. The average molecular weight is 259 g/mol. The van der Waals surface area contributed by atoms with Gasteiger partial charge in [0.1, 0.15) is 0 Å². The Morgan fingerprint density at radius 2 is 1.95 bits per heavy atom. The highest BCUT2D eigenvalue weighted by atomic mass is 16.1. The second kappa shape index (κ2) is 5.36. The molecule has 1 aliphatic carbocycles. The standard InChI is InChI=1S/C17H25NO/c1-12-7-5-8-13(2)14(12)11-18-16(19)15-9-6-10-17(15,3)4/h5,7-8,15H,6,9-11H2,1-4H3,(H,18,19)/t15-/m1/s1. The van der Waals surface area contributed by atoms with E-state index in [9.17, 15) is 4.79 Å². The third kappa shape index (κ3) is 2.99. The smallest absolute Gasteiger partial charge is 0.223 e. The fourth-order valence-corrected chi connectivity index (χ4v) is 3.24. The Morgan fingerprint density at radius 3 is 2.47 bits per heavy atom. The van der Waals surface area contributed by atoms with Crippen molar-refractivity contribution in [2.24, 2.45) is 11.3 Å². The molecule has 1 amide bonds. The van der Waals surface area contributed by atoms with Crippen molar-refractivity contribution in [1.29, 1.82) is 0 Å². The van der Waals surface area contributed by atoms with Gasteiger partial charge in [0.05, 0.1) is 0 Å². The first kappa shape index (κ1) is 14.1. The van der Waals surface area contributed by atoms with Crippen LogP contribution in [0.25, 0.3) is 0 Å². The molecular formula is C17H25NO. The van der Waals surface area contributed by atoms with Gasteiger partial charge in [0.2, 0.25) is 5.91 Å². The van der Waals surface area contributed by atoms with Crippen molar-refractivity contribution in [2.45, 2.75) is 53.5 Å². The molecule has 2 heteroatoms. The largest absolute Gasteiger partial charge is 0.352 e. The highest BCUT2D eigenvalue weighted by Gasteiger charge is 2.39. The van der Waals surface area contributed by atoms with Gasteiger partial charge in [-0.05, 0) is 48.8 Å². The van der Waals surface area contributed by atoms with Gasteiger partial charge in [0, 0.05) is 12.5 Å². The molecule has 104 valence electrons. The monoisotopic (exact) mass is 259 g/mol. The summed E-state index contributed by atoms with van der Waals surface area (Å²) in [5.74, 6) is 0.405. The molecule has 1 atom stereocenters. The average Bonchev–Trinajstić information content (AvgIpc) is 2.68. The topological polar surface area (TPSA) is 29.1 Å². The molecule has 2 rings (SSSR count). The Balaban J connectivity index is 2.01. The summed E-state index contributed by atoms with van der Waals surface area (Å²) in [4.78, 5) is 12.3. The van der Waals surface area contributed by atoms with Crippen molar-refractivity contribution in [2.75, 3.05) is 0 Å². The van der Waals surface area contributed by atoms with Crippen LogP contribution in [0.2, 0.25) is 0 Å². The second-order valence-electron chi connectivity index (χ2n) is 6.52. The lowest BCUT2D eigenvalue weighted by molar-refractivity contribution is -0.127. The van der Waals surface area contributed by atoms with Crippen LogP contribution in [0, 0.1) is 25.2 Å². The number of aryl methyl sites for hydroxylation is 2. The second-order valence-corrected chi connectivity index (χ2v) is 6.52. The summed E-state index contributed by atoms with van der Waals surface area (Å²) in [6, 6.07) is 6.28. The molecule has 2 nitrogen and oxygen atoms in total. The highest BCUT2D eigenvalue weighted by Crippen LogP contribution is 2.42. The van der Waals surface area contributed by atoms with E-state index in [0.717, 1.165) is 12.8 Å². The van der Waals surface area contributed by atoms with Crippen LogP contribution < -0.4 is 5.32 Å². The number of hydrogen-bond acceptors (Lipinski definition) is 1. The van der Waals surface area contributed by atoms with E-state index in [0.29, 0.717) is 6.54 Å². The van der Waals surface area contributed by atoms with Gasteiger partial charge in [-0.15, -0.1) is 0 Å². The lowest BCUT2D eigenvalue weighted by atomic mass is 9.81. The molecule has 1 fully saturated rings. The molecule has 0 saturated heterocycles. The van der Waals surface area contributed by atoms with Crippen LogP contribution in [0.1, 0.15) is 49.8 Å². The number of nitrogens with one attached hydrogen (secondary N) is 1. The van der Waals surface area contributed by atoms with Gasteiger partial charge in [0.25, 0.3) is 0 Å². The lowest BCUT2D eigenvalue weighted by Gasteiger charge is -2.26. The minimum Gasteiger partial charge on any atom is -0.352 e. The molecule has 0 aromatic heterocycles. The molecule has 1 aromatic carbocycles. The van der Waals surface area contributed by atoms with Crippen molar-refractivity contribution in [1.82, 2.24) is 5.32 Å². The maximum Gasteiger partial charge on any atom is 0.223 e. The summed E-state index contributed by atoms with van der Waals surface area (Å²) in [7, 11) is 0. The fourth-order valence-electron chi connectivity index (χ4n) is 3.24. The van der Waals surface area contributed by atoms with Gasteiger partial charge in [0.15, 0.2) is 0 Å². The fraction of sp³-hybridized carbons (Fsp3) is 0.588. The summed E-state index contributed by atoms with van der Waals surface area (Å²) in [5, 5.41) is 3.14. The maximum absolute atomic E-state index is 12.3. The molecule has 1 aliphatic rings. The number of carbonyl (C=O) groups is 1. The van der Waals surface area contributed by atoms with Crippen LogP contribution in [-0.2, 0) is 11.3 Å².